The standard InChI is InChI=1S/C15H23N3O2/c1-18-8-4-5-11(10-18)9-17-15(19)12-6-3-7-13(16)14(12)20-2/h3,6-7,11H,4-5,8-10,16H2,1-2H3,(H,17,19). The minimum atomic E-state index is -0.123. The summed E-state index contributed by atoms with van der Waals surface area (Å²) in [6, 6.07) is 5.23. The lowest BCUT2D eigenvalue weighted by Crippen LogP contribution is -2.39. The predicted molar refractivity (Wildman–Crippen MR) is 80.0 cm³/mol. The number of nitrogens with one attached hydrogen (secondary N) is 1. The van der Waals surface area contributed by atoms with E-state index in [0.717, 1.165) is 13.1 Å². The first-order valence-corrected chi connectivity index (χ1v) is 7.01. The fourth-order valence-electron chi connectivity index (χ4n) is 2.73. The van der Waals surface area contributed by atoms with E-state index < -0.39 is 0 Å². The van der Waals surface area contributed by atoms with Crippen molar-refractivity contribution < 1.29 is 9.53 Å². The van der Waals surface area contributed by atoms with Crippen LogP contribution in [0.1, 0.15) is 23.2 Å². The summed E-state index contributed by atoms with van der Waals surface area (Å²) < 4.78 is 5.21. The van der Waals surface area contributed by atoms with E-state index >= 15 is 0 Å². The molecule has 0 saturated carbocycles. The van der Waals surface area contributed by atoms with Crippen molar-refractivity contribution in [3.63, 3.8) is 0 Å². The Balaban J connectivity index is 1.96. The largest absolute Gasteiger partial charge is 0.494 e. The number of anilines is 1. The molecule has 2 rings (SSSR count). The zero-order valence-corrected chi connectivity index (χ0v) is 12.2. The van der Waals surface area contributed by atoms with E-state index in [9.17, 15) is 4.79 Å². The highest BCUT2D eigenvalue weighted by molar-refractivity contribution is 5.98. The summed E-state index contributed by atoms with van der Waals surface area (Å²) in [5.74, 6) is 0.845. The number of para-hydroxylation sites is 1. The van der Waals surface area contributed by atoms with Gasteiger partial charge in [-0.15, -0.1) is 0 Å². The van der Waals surface area contributed by atoms with Crippen LogP contribution in [0.15, 0.2) is 18.2 Å². The Morgan fingerprint density at radius 1 is 1.55 bits per heavy atom. The van der Waals surface area contributed by atoms with Crippen LogP contribution in [0.25, 0.3) is 0 Å². The summed E-state index contributed by atoms with van der Waals surface area (Å²) in [7, 11) is 3.65. The van der Waals surface area contributed by atoms with Gasteiger partial charge in [0.2, 0.25) is 0 Å². The number of carbonyl (C=O) groups is 1. The first-order chi connectivity index (χ1) is 9.61. The van der Waals surface area contributed by atoms with Crippen molar-refractivity contribution in [1.29, 1.82) is 0 Å². The summed E-state index contributed by atoms with van der Waals surface area (Å²) in [5, 5.41) is 2.99. The quantitative estimate of drug-likeness (QED) is 0.815. The molecule has 3 N–H and O–H groups in total. The maximum atomic E-state index is 12.2. The molecule has 1 atom stereocenters. The van der Waals surface area contributed by atoms with Gasteiger partial charge in [0.25, 0.3) is 5.91 Å². The van der Waals surface area contributed by atoms with Crippen LogP contribution in [-0.4, -0.2) is 44.6 Å². The summed E-state index contributed by atoms with van der Waals surface area (Å²) in [5.41, 5.74) is 6.80. The van der Waals surface area contributed by atoms with Gasteiger partial charge in [0, 0.05) is 13.1 Å². The maximum absolute atomic E-state index is 12.2. The molecule has 0 spiro atoms. The van der Waals surface area contributed by atoms with Gasteiger partial charge in [-0.3, -0.25) is 4.79 Å². The average molecular weight is 277 g/mol. The third-order valence-corrected chi connectivity index (χ3v) is 3.77. The van der Waals surface area contributed by atoms with Gasteiger partial charge in [-0.25, -0.2) is 0 Å². The zero-order valence-electron chi connectivity index (χ0n) is 12.2. The highest BCUT2D eigenvalue weighted by Crippen LogP contribution is 2.25. The minimum Gasteiger partial charge on any atom is -0.494 e. The van der Waals surface area contributed by atoms with E-state index in [0.29, 0.717) is 29.5 Å². The van der Waals surface area contributed by atoms with Gasteiger partial charge >= 0.3 is 0 Å². The molecule has 1 aliphatic heterocycles. The van der Waals surface area contributed by atoms with Crippen molar-refractivity contribution in [2.45, 2.75) is 12.8 Å². The van der Waals surface area contributed by atoms with Crippen molar-refractivity contribution in [1.82, 2.24) is 10.2 Å². The second-order valence-electron chi connectivity index (χ2n) is 5.41. The van der Waals surface area contributed by atoms with Crippen molar-refractivity contribution in [3.8, 4) is 5.75 Å². The fraction of sp³-hybridized carbons (Fsp3) is 0.533. The lowest BCUT2D eigenvalue weighted by atomic mass is 9.98. The number of methoxy groups -OCH3 is 1. The summed E-state index contributed by atoms with van der Waals surface area (Å²) in [6.45, 7) is 2.88. The lowest BCUT2D eigenvalue weighted by Gasteiger charge is -2.29. The molecular formula is C15H23N3O2. The summed E-state index contributed by atoms with van der Waals surface area (Å²) in [6.07, 6.45) is 2.36. The number of rotatable bonds is 4. The number of piperidine rings is 1. The second kappa shape index (κ2) is 6.61. The SMILES string of the molecule is COc1c(N)cccc1C(=O)NCC1CCCN(C)C1. The number of amides is 1. The highest BCUT2D eigenvalue weighted by atomic mass is 16.5. The Kier molecular flexibility index (Phi) is 4.84. The molecule has 0 aromatic heterocycles. The van der Waals surface area contributed by atoms with Gasteiger partial charge in [-0.05, 0) is 44.5 Å². The number of nitrogen functional groups attached to an aromatic ring is 1. The molecule has 1 aromatic carbocycles. The van der Waals surface area contributed by atoms with Gasteiger partial charge in [0.1, 0.15) is 0 Å². The van der Waals surface area contributed by atoms with Crippen LogP contribution in [-0.2, 0) is 0 Å². The van der Waals surface area contributed by atoms with Crippen molar-refractivity contribution >= 4 is 11.6 Å². The van der Waals surface area contributed by atoms with E-state index in [-0.39, 0.29) is 5.91 Å². The molecule has 1 heterocycles. The molecule has 5 nitrogen and oxygen atoms in total. The Hall–Kier alpha value is -1.75. The van der Waals surface area contributed by atoms with Crippen LogP contribution in [0.2, 0.25) is 0 Å². The Labute approximate surface area is 120 Å². The second-order valence-corrected chi connectivity index (χ2v) is 5.41. The Morgan fingerprint density at radius 3 is 3.05 bits per heavy atom. The van der Waals surface area contributed by atoms with E-state index in [4.69, 9.17) is 10.5 Å². The number of hydrogen-bond donors (Lipinski definition) is 2. The number of ether oxygens (including phenoxy) is 1. The highest BCUT2D eigenvalue weighted by Gasteiger charge is 2.19. The zero-order chi connectivity index (χ0) is 14.5. The number of hydrogen-bond acceptors (Lipinski definition) is 4. The van der Waals surface area contributed by atoms with E-state index in [1.165, 1.54) is 20.0 Å². The monoisotopic (exact) mass is 277 g/mol. The molecule has 20 heavy (non-hydrogen) atoms. The van der Waals surface area contributed by atoms with E-state index in [1.807, 2.05) is 0 Å². The molecule has 1 aliphatic rings. The topological polar surface area (TPSA) is 67.6 Å². The number of nitrogens with zero attached hydrogens (tertiary/aromatic N) is 1. The van der Waals surface area contributed by atoms with E-state index in [2.05, 4.69) is 17.3 Å². The van der Waals surface area contributed by atoms with Crippen LogP contribution in [0.5, 0.6) is 5.75 Å². The molecule has 1 saturated heterocycles. The summed E-state index contributed by atoms with van der Waals surface area (Å²) >= 11 is 0. The number of carbonyl (C=O) groups excluding carboxylic acids is 1. The van der Waals surface area contributed by atoms with Gasteiger partial charge < -0.3 is 20.7 Å². The molecular weight excluding hydrogens is 254 g/mol. The average Bonchev–Trinajstić information content (AvgIpc) is 2.44. The van der Waals surface area contributed by atoms with E-state index in [1.54, 1.807) is 18.2 Å². The first kappa shape index (κ1) is 14.7. The van der Waals surface area contributed by atoms with Crippen LogP contribution in [0, 0.1) is 5.92 Å². The Bertz CT molecular complexity index is 476. The molecule has 1 amide bonds. The molecule has 5 heteroatoms. The fourth-order valence-corrected chi connectivity index (χ4v) is 2.73. The summed E-state index contributed by atoms with van der Waals surface area (Å²) in [4.78, 5) is 14.5. The van der Waals surface area contributed by atoms with Gasteiger partial charge in [0.15, 0.2) is 5.75 Å². The third kappa shape index (κ3) is 3.42. The van der Waals surface area contributed by atoms with Crippen molar-refractivity contribution in [2.24, 2.45) is 5.92 Å². The van der Waals surface area contributed by atoms with Crippen LogP contribution in [0.3, 0.4) is 0 Å². The molecule has 1 aromatic rings. The van der Waals surface area contributed by atoms with Gasteiger partial charge in [-0.1, -0.05) is 6.07 Å². The first-order valence-electron chi connectivity index (χ1n) is 7.01. The normalized spacial score (nSPS) is 19.6. The third-order valence-electron chi connectivity index (χ3n) is 3.77. The minimum absolute atomic E-state index is 0.123. The molecule has 1 unspecified atom stereocenters. The molecule has 0 bridgehead atoms. The molecule has 110 valence electrons. The molecule has 0 aliphatic carbocycles. The molecule has 1 fully saturated rings. The van der Waals surface area contributed by atoms with Gasteiger partial charge in [-0.2, -0.15) is 0 Å². The predicted octanol–water partition coefficient (Wildman–Crippen LogP) is 1.35. The molecule has 0 radical (unpaired) electrons. The van der Waals surface area contributed by atoms with Crippen molar-refractivity contribution in [2.75, 3.05) is 39.5 Å². The van der Waals surface area contributed by atoms with Crippen LogP contribution in [0.4, 0.5) is 5.69 Å². The van der Waals surface area contributed by atoms with Crippen LogP contribution < -0.4 is 15.8 Å². The number of benzene rings is 1. The van der Waals surface area contributed by atoms with Gasteiger partial charge in [0.05, 0.1) is 18.4 Å². The smallest absolute Gasteiger partial charge is 0.255 e. The number of likely N-dealkylation sites (tertiary alicyclic amines) is 1. The van der Waals surface area contributed by atoms with Crippen LogP contribution >= 0.6 is 0 Å². The van der Waals surface area contributed by atoms with Crippen molar-refractivity contribution in [3.05, 3.63) is 23.8 Å². The Morgan fingerprint density at radius 2 is 2.35 bits per heavy atom. The lowest BCUT2D eigenvalue weighted by molar-refractivity contribution is 0.0934. The maximum Gasteiger partial charge on any atom is 0.255 e. The number of nitrogens with two attached hydrogens (primary N) is 1.